The number of carbonyl (C=O) groups excluding carboxylic acids is 1. The van der Waals surface area contributed by atoms with E-state index in [-0.39, 0.29) is 17.3 Å². The molecule has 1 aromatic rings. The maximum atomic E-state index is 12.1. The van der Waals surface area contributed by atoms with E-state index in [0.717, 1.165) is 12.2 Å². The molecule has 1 aromatic carbocycles. The van der Waals surface area contributed by atoms with Gasteiger partial charge in [-0.05, 0) is 37.9 Å². The Kier molecular flexibility index (Phi) is 6.18. The van der Waals surface area contributed by atoms with Crippen molar-refractivity contribution in [3.05, 3.63) is 23.8 Å². The first-order chi connectivity index (χ1) is 8.99. The average Bonchev–Trinajstić information content (AvgIpc) is 2.38. The third-order valence-electron chi connectivity index (χ3n) is 3.14. The first-order valence-corrected chi connectivity index (χ1v) is 7.63. The van der Waals surface area contributed by atoms with Crippen LogP contribution in [0.1, 0.15) is 23.7 Å². The molecule has 106 valence electrons. The topological polar surface area (TPSA) is 60.8 Å². The molecular weight excluding hydrogens is 262 g/mol. The van der Waals surface area contributed by atoms with Crippen molar-refractivity contribution in [1.82, 2.24) is 4.90 Å². The molecule has 19 heavy (non-hydrogen) atoms. The number of thioether (sulfide) groups is 1. The predicted octanol–water partition coefficient (Wildman–Crippen LogP) is 2.35. The highest BCUT2D eigenvalue weighted by atomic mass is 32.2. The molecule has 5 heteroatoms. The summed E-state index contributed by atoms with van der Waals surface area (Å²) in [4.78, 5) is 14.1. The van der Waals surface area contributed by atoms with Crippen LogP contribution in [-0.4, -0.2) is 52.5 Å². The fourth-order valence-corrected chi connectivity index (χ4v) is 2.77. The van der Waals surface area contributed by atoms with Crippen molar-refractivity contribution in [2.45, 2.75) is 19.4 Å². The smallest absolute Gasteiger partial charge is 0.176 e. The number of phenols is 2. The predicted molar refractivity (Wildman–Crippen MR) is 79.2 cm³/mol. The number of hydrogen-bond donors (Lipinski definition) is 2. The van der Waals surface area contributed by atoms with Crippen molar-refractivity contribution in [3.8, 4) is 11.5 Å². The lowest BCUT2D eigenvalue weighted by atomic mass is 10.1. The first kappa shape index (κ1) is 15.9. The van der Waals surface area contributed by atoms with Crippen LogP contribution in [-0.2, 0) is 0 Å². The molecule has 0 spiro atoms. The Morgan fingerprint density at radius 1 is 1.37 bits per heavy atom. The van der Waals surface area contributed by atoms with Gasteiger partial charge in [-0.15, -0.1) is 0 Å². The fourth-order valence-electron chi connectivity index (χ4n) is 1.89. The van der Waals surface area contributed by atoms with E-state index >= 15 is 0 Å². The van der Waals surface area contributed by atoms with Gasteiger partial charge in [0.05, 0.1) is 6.54 Å². The van der Waals surface area contributed by atoms with Crippen LogP contribution in [0.2, 0.25) is 0 Å². The third kappa shape index (κ3) is 4.44. The van der Waals surface area contributed by atoms with Crippen LogP contribution in [0.25, 0.3) is 0 Å². The molecular formula is C14H21NO3S. The molecule has 0 radical (unpaired) electrons. The van der Waals surface area contributed by atoms with Crippen LogP contribution >= 0.6 is 11.8 Å². The minimum absolute atomic E-state index is 0.0580. The van der Waals surface area contributed by atoms with Gasteiger partial charge in [-0.3, -0.25) is 9.69 Å². The Morgan fingerprint density at radius 2 is 2.05 bits per heavy atom. The summed E-state index contributed by atoms with van der Waals surface area (Å²) in [6.07, 6.45) is 3.04. The van der Waals surface area contributed by atoms with Gasteiger partial charge in [-0.1, -0.05) is 6.92 Å². The minimum atomic E-state index is -0.260. The number of rotatable bonds is 7. The second kappa shape index (κ2) is 7.40. The molecule has 4 nitrogen and oxygen atoms in total. The quantitative estimate of drug-likeness (QED) is 0.594. The number of likely N-dealkylation sites (N-methyl/N-ethyl adjacent to an activating group) is 1. The summed E-state index contributed by atoms with van der Waals surface area (Å²) < 4.78 is 0. The molecule has 1 rings (SSSR count). The molecule has 0 fully saturated rings. The van der Waals surface area contributed by atoms with E-state index in [1.807, 2.05) is 11.9 Å². The Morgan fingerprint density at radius 3 is 2.58 bits per heavy atom. The standard InChI is InChI=1S/C14H21NO3S/c1-4-11(9-19-3)15(2)8-14(18)10-5-6-12(16)13(17)7-10/h5-7,11,16-17H,4,8-9H2,1-3H3. The van der Waals surface area contributed by atoms with Gasteiger partial charge in [0.1, 0.15) is 0 Å². The summed E-state index contributed by atoms with van der Waals surface area (Å²) >= 11 is 1.76. The van der Waals surface area contributed by atoms with Gasteiger partial charge < -0.3 is 10.2 Å². The number of hydrogen-bond acceptors (Lipinski definition) is 5. The van der Waals surface area contributed by atoms with E-state index in [9.17, 15) is 15.0 Å². The summed E-state index contributed by atoms with van der Waals surface area (Å²) in [6.45, 7) is 2.41. The molecule has 0 aliphatic rings. The van der Waals surface area contributed by atoms with E-state index in [2.05, 4.69) is 13.2 Å². The molecule has 0 bridgehead atoms. The van der Waals surface area contributed by atoms with Crippen molar-refractivity contribution in [3.63, 3.8) is 0 Å². The molecule has 1 atom stereocenters. The molecule has 0 saturated carbocycles. The van der Waals surface area contributed by atoms with Crippen molar-refractivity contribution in [2.24, 2.45) is 0 Å². The minimum Gasteiger partial charge on any atom is -0.504 e. The van der Waals surface area contributed by atoms with Gasteiger partial charge in [-0.2, -0.15) is 11.8 Å². The molecule has 2 N–H and O–H groups in total. The number of nitrogens with zero attached hydrogens (tertiary/aromatic N) is 1. The van der Waals surface area contributed by atoms with Crippen LogP contribution < -0.4 is 0 Å². The summed E-state index contributed by atoms with van der Waals surface area (Å²) in [6, 6.07) is 4.54. The van der Waals surface area contributed by atoms with Gasteiger partial charge in [0, 0.05) is 17.4 Å². The van der Waals surface area contributed by atoms with Crippen LogP contribution in [0.4, 0.5) is 0 Å². The van der Waals surface area contributed by atoms with Crippen LogP contribution in [0.3, 0.4) is 0 Å². The summed E-state index contributed by atoms with van der Waals surface area (Å²) in [7, 11) is 1.93. The Hall–Kier alpha value is -1.20. The maximum Gasteiger partial charge on any atom is 0.176 e. The Balaban J connectivity index is 2.70. The van der Waals surface area contributed by atoms with Gasteiger partial charge >= 0.3 is 0 Å². The number of aromatic hydroxyl groups is 2. The van der Waals surface area contributed by atoms with Gasteiger partial charge in [-0.25, -0.2) is 0 Å². The summed E-state index contributed by atoms with van der Waals surface area (Å²) in [5, 5.41) is 18.6. The van der Waals surface area contributed by atoms with Crippen molar-refractivity contribution >= 4 is 17.5 Å². The fraction of sp³-hybridized carbons (Fsp3) is 0.500. The zero-order valence-electron chi connectivity index (χ0n) is 11.6. The van der Waals surface area contributed by atoms with Crippen molar-refractivity contribution in [2.75, 3.05) is 25.6 Å². The number of ketones is 1. The molecule has 0 saturated heterocycles. The zero-order valence-corrected chi connectivity index (χ0v) is 12.4. The van der Waals surface area contributed by atoms with E-state index in [4.69, 9.17) is 0 Å². The highest BCUT2D eigenvalue weighted by Gasteiger charge is 2.17. The van der Waals surface area contributed by atoms with Crippen molar-refractivity contribution < 1.29 is 15.0 Å². The monoisotopic (exact) mass is 283 g/mol. The summed E-state index contributed by atoms with van der Waals surface area (Å²) in [5.41, 5.74) is 0.418. The maximum absolute atomic E-state index is 12.1. The lowest BCUT2D eigenvalue weighted by molar-refractivity contribution is 0.0924. The second-order valence-corrected chi connectivity index (χ2v) is 5.47. The molecule has 0 amide bonds. The van der Waals surface area contributed by atoms with E-state index in [1.165, 1.54) is 18.2 Å². The Labute approximate surface area is 118 Å². The SMILES string of the molecule is CCC(CSC)N(C)CC(=O)c1ccc(O)c(O)c1. The van der Waals surface area contributed by atoms with Crippen LogP contribution in [0.15, 0.2) is 18.2 Å². The highest BCUT2D eigenvalue weighted by molar-refractivity contribution is 7.98. The van der Waals surface area contributed by atoms with Crippen molar-refractivity contribution in [1.29, 1.82) is 0 Å². The normalized spacial score (nSPS) is 12.6. The largest absolute Gasteiger partial charge is 0.504 e. The van der Waals surface area contributed by atoms with E-state index in [1.54, 1.807) is 11.8 Å². The lowest BCUT2D eigenvalue weighted by Gasteiger charge is -2.25. The first-order valence-electron chi connectivity index (χ1n) is 6.24. The molecule has 0 aliphatic carbocycles. The van der Waals surface area contributed by atoms with Gasteiger partial charge in [0.2, 0.25) is 0 Å². The summed E-state index contributed by atoms with van der Waals surface area (Å²) in [5.74, 6) is 0.460. The third-order valence-corrected chi connectivity index (χ3v) is 3.86. The number of Topliss-reactive ketones (excluding diaryl/α,β-unsaturated/α-hetero) is 1. The van der Waals surface area contributed by atoms with Gasteiger partial charge in [0.15, 0.2) is 17.3 Å². The van der Waals surface area contributed by atoms with Crippen LogP contribution in [0, 0.1) is 0 Å². The van der Waals surface area contributed by atoms with Crippen LogP contribution in [0.5, 0.6) is 11.5 Å². The molecule has 1 unspecified atom stereocenters. The molecule has 0 aromatic heterocycles. The highest BCUT2D eigenvalue weighted by Crippen LogP contribution is 2.25. The number of phenolic OH excluding ortho intramolecular Hbond substituents is 2. The number of benzene rings is 1. The second-order valence-electron chi connectivity index (χ2n) is 4.56. The van der Waals surface area contributed by atoms with Gasteiger partial charge in [0.25, 0.3) is 0 Å². The average molecular weight is 283 g/mol. The molecule has 0 aliphatic heterocycles. The zero-order chi connectivity index (χ0) is 14.4. The van der Waals surface area contributed by atoms with E-state index in [0.29, 0.717) is 18.2 Å². The molecule has 0 heterocycles. The van der Waals surface area contributed by atoms with E-state index < -0.39 is 0 Å². The Bertz CT molecular complexity index is 437. The number of carbonyl (C=O) groups is 1. The lowest BCUT2D eigenvalue weighted by Crippen LogP contribution is -2.37.